The molecular weight excluding hydrogens is 176 g/mol. The van der Waals surface area contributed by atoms with Crippen LogP contribution >= 0.6 is 0 Å². The van der Waals surface area contributed by atoms with Crippen LogP contribution < -0.4 is 10.6 Å². The summed E-state index contributed by atoms with van der Waals surface area (Å²) in [5.74, 6) is 0.891. The molecule has 0 aliphatic heterocycles. The number of carbonyl (C=O) groups excluding carboxylic acids is 1. The Labute approximate surface area is 86.6 Å². The predicted octanol–water partition coefficient (Wildman–Crippen LogP) is 1.29. The van der Waals surface area contributed by atoms with E-state index in [-0.39, 0.29) is 5.91 Å². The maximum atomic E-state index is 11.2. The Morgan fingerprint density at radius 1 is 1.43 bits per heavy atom. The third kappa shape index (κ3) is 3.66. The van der Waals surface area contributed by atoms with Crippen LogP contribution in [0.2, 0.25) is 0 Å². The number of amides is 1. The van der Waals surface area contributed by atoms with E-state index in [9.17, 15) is 4.79 Å². The lowest BCUT2D eigenvalue weighted by Crippen LogP contribution is -2.40. The number of carbonyl (C=O) groups is 1. The van der Waals surface area contributed by atoms with Crippen molar-refractivity contribution in [1.29, 1.82) is 0 Å². The number of nitrogens with one attached hydrogen (secondary N) is 2. The van der Waals surface area contributed by atoms with Crippen molar-refractivity contribution < 1.29 is 4.79 Å². The van der Waals surface area contributed by atoms with Gasteiger partial charge in [-0.05, 0) is 32.6 Å². The second kappa shape index (κ2) is 6.02. The standard InChI is InChI=1S/C11H22N2O/c1-3-12-11(14)8-13-9(2)10-6-4-5-7-10/h9-10,13H,3-8H2,1-2H3,(H,12,14)/t9-/m1/s1. The third-order valence-electron chi connectivity index (χ3n) is 3.07. The van der Waals surface area contributed by atoms with E-state index >= 15 is 0 Å². The lowest BCUT2D eigenvalue weighted by molar-refractivity contribution is -0.120. The Morgan fingerprint density at radius 2 is 2.07 bits per heavy atom. The molecule has 0 bridgehead atoms. The van der Waals surface area contributed by atoms with Crippen LogP contribution in [0.3, 0.4) is 0 Å². The first-order chi connectivity index (χ1) is 6.74. The number of likely N-dealkylation sites (N-methyl/N-ethyl adjacent to an activating group) is 1. The Bertz CT molecular complexity index is 176. The first-order valence-corrected chi connectivity index (χ1v) is 5.74. The lowest BCUT2D eigenvalue weighted by Gasteiger charge is -2.19. The van der Waals surface area contributed by atoms with Gasteiger partial charge in [0.05, 0.1) is 6.54 Å². The van der Waals surface area contributed by atoms with E-state index < -0.39 is 0 Å². The maximum absolute atomic E-state index is 11.2. The second-order valence-corrected chi connectivity index (χ2v) is 4.17. The zero-order valence-electron chi connectivity index (χ0n) is 9.31. The molecule has 1 amide bonds. The molecule has 1 aliphatic carbocycles. The zero-order chi connectivity index (χ0) is 10.4. The van der Waals surface area contributed by atoms with Crippen molar-refractivity contribution in [1.82, 2.24) is 10.6 Å². The summed E-state index contributed by atoms with van der Waals surface area (Å²) in [5.41, 5.74) is 0. The SMILES string of the molecule is CCNC(=O)CN[C@H](C)C1CCCC1. The van der Waals surface area contributed by atoms with Crippen LogP contribution in [0.15, 0.2) is 0 Å². The van der Waals surface area contributed by atoms with Crippen LogP contribution in [0.4, 0.5) is 0 Å². The topological polar surface area (TPSA) is 41.1 Å². The Hall–Kier alpha value is -0.570. The van der Waals surface area contributed by atoms with E-state index in [0.29, 0.717) is 12.6 Å². The highest BCUT2D eigenvalue weighted by atomic mass is 16.1. The van der Waals surface area contributed by atoms with E-state index in [1.54, 1.807) is 0 Å². The fourth-order valence-corrected chi connectivity index (χ4v) is 2.14. The number of hydrogen-bond acceptors (Lipinski definition) is 2. The van der Waals surface area contributed by atoms with Crippen molar-refractivity contribution in [2.75, 3.05) is 13.1 Å². The van der Waals surface area contributed by atoms with Crippen molar-refractivity contribution >= 4 is 5.91 Å². The summed E-state index contributed by atoms with van der Waals surface area (Å²) < 4.78 is 0. The summed E-state index contributed by atoms with van der Waals surface area (Å²) in [6, 6.07) is 0.486. The molecule has 14 heavy (non-hydrogen) atoms. The van der Waals surface area contributed by atoms with E-state index in [1.165, 1.54) is 25.7 Å². The molecule has 0 aromatic rings. The fourth-order valence-electron chi connectivity index (χ4n) is 2.14. The minimum atomic E-state index is 0.109. The normalized spacial score (nSPS) is 19.6. The molecule has 3 heteroatoms. The van der Waals surface area contributed by atoms with Gasteiger partial charge in [0, 0.05) is 12.6 Å². The van der Waals surface area contributed by atoms with Gasteiger partial charge in [0.15, 0.2) is 0 Å². The van der Waals surface area contributed by atoms with Crippen LogP contribution in [0.1, 0.15) is 39.5 Å². The first kappa shape index (κ1) is 11.5. The van der Waals surface area contributed by atoms with Gasteiger partial charge in [0.1, 0.15) is 0 Å². The van der Waals surface area contributed by atoms with Crippen molar-refractivity contribution in [2.45, 2.75) is 45.6 Å². The molecule has 0 spiro atoms. The quantitative estimate of drug-likeness (QED) is 0.699. The lowest BCUT2D eigenvalue weighted by atomic mass is 10.00. The molecule has 0 heterocycles. The molecule has 1 atom stereocenters. The van der Waals surface area contributed by atoms with Crippen LogP contribution in [0.25, 0.3) is 0 Å². The molecule has 0 aromatic heterocycles. The van der Waals surface area contributed by atoms with Gasteiger partial charge in [-0.2, -0.15) is 0 Å². The van der Waals surface area contributed by atoms with Crippen molar-refractivity contribution in [3.05, 3.63) is 0 Å². The summed E-state index contributed by atoms with van der Waals surface area (Å²) in [4.78, 5) is 11.2. The summed E-state index contributed by atoms with van der Waals surface area (Å²) in [7, 11) is 0. The van der Waals surface area contributed by atoms with Crippen LogP contribution in [0.5, 0.6) is 0 Å². The van der Waals surface area contributed by atoms with Gasteiger partial charge in [-0.1, -0.05) is 12.8 Å². The van der Waals surface area contributed by atoms with Gasteiger partial charge in [0.25, 0.3) is 0 Å². The zero-order valence-corrected chi connectivity index (χ0v) is 9.31. The monoisotopic (exact) mass is 198 g/mol. The van der Waals surface area contributed by atoms with Gasteiger partial charge >= 0.3 is 0 Å². The van der Waals surface area contributed by atoms with Crippen molar-refractivity contribution in [2.24, 2.45) is 5.92 Å². The van der Waals surface area contributed by atoms with E-state index in [2.05, 4.69) is 17.6 Å². The molecule has 1 rings (SSSR count). The van der Waals surface area contributed by atoms with Gasteiger partial charge < -0.3 is 10.6 Å². The predicted molar refractivity (Wildman–Crippen MR) is 58.1 cm³/mol. The minimum absolute atomic E-state index is 0.109. The minimum Gasteiger partial charge on any atom is -0.355 e. The Kier molecular flexibility index (Phi) is 4.94. The van der Waals surface area contributed by atoms with Gasteiger partial charge in [-0.25, -0.2) is 0 Å². The summed E-state index contributed by atoms with van der Waals surface area (Å²) in [6.07, 6.45) is 5.36. The first-order valence-electron chi connectivity index (χ1n) is 5.74. The summed E-state index contributed by atoms with van der Waals surface area (Å²) in [6.45, 7) is 5.32. The van der Waals surface area contributed by atoms with Crippen LogP contribution in [-0.4, -0.2) is 25.0 Å². The smallest absolute Gasteiger partial charge is 0.233 e. The average Bonchev–Trinajstić information content (AvgIpc) is 2.67. The highest BCUT2D eigenvalue weighted by Crippen LogP contribution is 2.27. The molecule has 0 aromatic carbocycles. The van der Waals surface area contributed by atoms with Crippen molar-refractivity contribution in [3.8, 4) is 0 Å². The highest BCUT2D eigenvalue weighted by molar-refractivity contribution is 5.77. The van der Waals surface area contributed by atoms with E-state index in [4.69, 9.17) is 0 Å². The molecule has 0 unspecified atom stereocenters. The van der Waals surface area contributed by atoms with Gasteiger partial charge in [-0.3, -0.25) is 4.79 Å². The molecule has 0 saturated heterocycles. The summed E-state index contributed by atoms with van der Waals surface area (Å²) >= 11 is 0. The molecule has 82 valence electrons. The maximum Gasteiger partial charge on any atom is 0.233 e. The Morgan fingerprint density at radius 3 is 2.64 bits per heavy atom. The average molecular weight is 198 g/mol. The molecule has 1 aliphatic rings. The molecule has 1 fully saturated rings. The summed E-state index contributed by atoms with van der Waals surface area (Å²) in [5, 5.41) is 6.09. The Balaban J connectivity index is 2.13. The molecule has 3 nitrogen and oxygen atoms in total. The molecule has 0 radical (unpaired) electrons. The highest BCUT2D eigenvalue weighted by Gasteiger charge is 2.21. The van der Waals surface area contributed by atoms with E-state index in [0.717, 1.165) is 12.5 Å². The largest absolute Gasteiger partial charge is 0.355 e. The van der Waals surface area contributed by atoms with Gasteiger partial charge in [-0.15, -0.1) is 0 Å². The number of rotatable bonds is 5. The fraction of sp³-hybridized carbons (Fsp3) is 0.909. The second-order valence-electron chi connectivity index (χ2n) is 4.17. The van der Waals surface area contributed by atoms with Crippen LogP contribution in [0, 0.1) is 5.92 Å². The van der Waals surface area contributed by atoms with Gasteiger partial charge in [0.2, 0.25) is 5.91 Å². The van der Waals surface area contributed by atoms with E-state index in [1.807, 2.05) is 6.92 Å². The molecular formula is C11H22N2O. The van der Waals surface area contributed by atoms with Crippen molar-refractivity contribution in [3.63, 3.8) is 0 Å². The molecule has 1 saturated carbocycles. The van der Waals surface area contributed by atoms with Crippen LogP contribution in [-0.2, 0) is 4.79 Å². The number of hydrogen-bond donors (Lipinski definition) is 2. The third-order valence-corrected chi connectivity index (χ3v) is 3.07. The molecule has 2 N–H and O–H groups in total.